The minimum atomic E-state index is 0.185. The maximum atomic E-state index is 11.7. The number of nitrogens with zero attached hydrogens (tertiary/aromatic N) is 2. The summed E-state index contributed by atoms with van der Waals surface area (Å²) in [5.74, 6) is 1.38. The fraction of sp³-hybridized carbons (Fsp3) is 0.500. The summed E-state index contributed by atoms with van der Waals surface area (Å²) in [5, 5.41) is 3.57. The van der Waals surface area contributed by atoms with Crippen LogP contribution in [0.2, 0.25) is 5.02 Å². The Hall–Kier alpha value is -1.29. The fourth-order valence-electron chi connectivity index (χ4n) is 2.04. The molecule has 1 aliphatic heterocycles. The number of carbonyl (C=O) groups excluding carboxylic acids is 1. The van der Waals surface area contributed by atoms with E-state index in [9.17, 15) is 4.79 Å². The van der Waals surface area contributed by atoms with Crippen LogP contribution in [0.15, 0.2) is 12.1 Å². The number of halogens is 1. The molecule has 17 heavy (non-hydrogen) atoms. The highest BCUT2D eigenvalue weighted by Crippen LogP contribution is 2.23. The van der Waals surface area contributed by atoms with Crippen molar-refractivity contribution >= 4 is 23.3 Å². The molecule has 1 amide bonds. The normalized spacial score (nSPS) is 19.8. The van der Waals surface area contributed by atoms with Crippen LogP contribution in [-0.2, 0) is 11.3 Å². The van der Waals surface area contributed by atoms with Gasteiger partial charge in [0.2, 0.25) is 5.91 Å². The van der Waals surface area contributed by atoms with Crippen molar-refractivity contribution in [3.05, 3.63) is 22.8 Å². The second-order valence-electron chi connectivity index (χ2n) is 4.46. The zero-order chi connectivity index (χ0) is 12.4. The first-order valence-corrected chi connectivity index (χ1v) is 6.09. The number of anilines is 1. The molecular weight excluding hydrogens is 238 g/mol. The molecule has 5 heteroatoms. The van der Waals surface area contributed by atoms with Gasteiger partial charge >= 0.3 is 0 Å². The minimum absolute atomic E-state index is 0.185. The summed E-state index contributed by atoms with van der Waals surface area (Å²) in [6, 6.07) is 3.62. The molecule has 0 aromatic carbocycles. The third-order valence-electron chi connectivity index (χ3n) is 2.92. The minimum Gasteiger partial charge on any atom is -0.373 e. The van der Waals surface area contributed by atoms with Gasteiger partial charge < -0.3 is 10.2 Å². The number of nitrogens with one attached hydrogen (secondary N) is 1. The van der Waals surface area contributed by atoms with Crippen LogP contribution in [0.25, 0.3) is 0 Å². The van der Waals surface area contributed by atoms with E-state index in [0.29, 0.717) is 23.9 Å². The molecule has 1 aromatic rings. The number of carbonyl (C=O) groups is 1. The first-order valence-electron chi connectivity index (χ1n) is 5.71. The largest absolute Gasteiger partial charge is 0.373 e. The van der Waals surface area contributed by atoms with Gasteiger partial charge in [-0.15, -0.1) is 0 Å². The third kappa shape index (κ3) is 2.69. The zero-order valence-electron chi connectivity index (χ0n) is 10.0. The summed E-state index contributed by atoms with van der Waals surface area (Å²) in [4.78, 5) is 17.9. The molecule has 0 radical (unpaired) electrons. The smallest absolute Gasteiger partial charge is 0.223 e. The lowest BCUT2D eigenvalue weighted by Gasteiger charge is -2.16. The molecule has 92 valence electrons. The molecule has 0 aliphatic carbocycles. The van der Waals surface area contributed by atoms with E-state index in [1.807, 2.05) is 18.0 Å². The highest BCUT2D eigenvalue weighted by molar-refractivity contribution is 6.31. The van der Waals surface area contributed by atoms with E-state index in [-0.39, 0.29) is 5.91 Å². The van der Waals surface area contributed by atoms with Gasteiger partial charge in [0.05, 0.1) is 17.3 Å². The lowest BCUT2D eigenvalue weighted by atomic mass is 10.2. The Labute approximate surface area is 106 Å². The summed E-state index contributed by atoms with van der Waals surface area (Å²) in [6.45, 7) is 3.37. The van der Waals surface area contributed by atoms with Crippen molar-refractivity contribution in [3.8, 4) is 0 Å². The van der Waals surface area contributed by atoms with Gasteiger partial charge in [0.1, 0.15) is 5.82 Å². The topological polar surface area (TPSA) is 45.2 Å². The second-order valence-corrected chi connectivity index (χ2v) is 4.87. The molecule has 0 spiro atoms. The number of rotatable bonds is 3. The van der Waals surface area contributed by atoms with Crippen molar-refractivity contribution in [3.63, 3.8) is 0 Å². The van der Waals surface area contributed by atoms with E-state index in [2.05, 4.69) is 17.2 Å². The standard InChI is InChI=1S/C12H16ClN3O/c1-8-5-12(17)16(6-8)7-10-9(13)3-4-11(14-2)15-10/h3-4,8H,5-7H2,1-2H3,(H,14,15). The lowest BCUT2D eigenvalue weighted by Crippen LogP contribution is -2.25. The molecule has 1 aliphatic rings. The van der Waals surface area contributed by atoms with E-state index in [4.69, 9.17) is 11.6 Å². The van der Waals surface area contributed by atoms with E-state index < -0.39 is 0 Å². The maximum Gasteiger partial charge on any atom is 0.223 e. The van der Waals surface area contributed by atoms with Crippen LogP contribution in [0.3, 0.4) is 0 Å². The number of likely N-dealkylation sites (tertiary alicyclic amines) is 1. The van der Waals surface area contributed by atoms with Crippen LogP contribution in [0.1, 0.15) is 19.0 Å². The predicted octanol–water partition coefficient (Wildman–Crippen LogP) is 2.15. The Morgan fingerprint density at radius 1 is 1.59 bits per heavy atom. The van der Waals surface area contributed by atoms with Crippen molar-refractivity contribution in [1.29, 1.82) is 0 Å². The van der Waals surface area contributed by atoms with Gasteiger partial charge in [-0.2, -0.15) is 0 Å². The Bertz CT molecular complexity index is 436. The van der Waals surface area contributed by atoms with Gasteiger partial charge in [-0.25, -0.2) is 4.98 Å². The molecule has 1 N–H and O–H groups in total. The SMILES string of the molecule is CNc1ccc(Cl)c(CN2CC(C)CC2=O)n1. The maximum absolute atomic E-state index is 11.7. The van der Waals surface area contributed by atoms with Crippen molar-refractivity contribution in [2.45, 2.75) is 19.9 Å². The quantitative estimate of drug-likeness (QED) is 0.898. The molecule has 4 nitrogen and oxygen atoms in total. The summed E-state index contributed by atoms with van der Waals surface area (Å²) in [7, 11) is 1.81. The highest BCUT2D eigenvalue weighted by atomic mass is 35.5. The molecule has 1 aromatic heterocycles. The van der Waals surface area contributed by atoms with Gasteiger partial charge in [-0.05, 0) is 18.1 Å². The van der Waals surface area contributed by atoms with Crippen LogP contribution in [-0.4, -0.2) is 29.4 Å². The molecule has 2 rings (SSSR count). The molecule has 1 unspecified atom stereocenters. The van der Waals surface area contributed by atoms with Crippen molar-refractivity contribution in [2.24, 2.45) is 5.92 Å². The Kier molecular flexibility index (Phi) is 3.52. The monoisotopic (exact) mass is 253 g/mol. The Morgan fingerprint density at radius 3 is 2.94 bits per heavy atom. The number of pyridine rings is 1. The Morgan fingerprint density at radius 2 is 2.35 bits per heavy atom. The van der Waals surface area contributed by atoms with Gasteiger partial charge in [-0.3, -0.25) is 4.79 Å². The predicted molar refractivity (Wildman–Crippen MR) is 68.0 cm³/mol. The van der Waals surface area contributed by atoms with Gasteiger partial charge in [0, 0.05) is 20.0 Å². The average Bonchev–Trinajstić information content (AvgIpc) is 2.60. The van der Waals surface area contributed by atoms with Crippen LogP contribution in [0, 0.1) is 5.92 Å². The molecule has 2 heterocycles. The highest BCUT2D eigenvalue weighted by Gasteiger charge is 2.27. The fourth-order valence-corrected chi connectivity index (χ4v) is 2.20. The zero-order valence-corrected chi connectivity index (χ0v) is 10.8. The van der Waals surface area contributed by atoms with E-state index in [1.54, 1.807) is 6.07 Å². The molecular formula is C12H16ClN3O. The lowest BCUT2D eigenvalue weighted by molar-refractivity contribution is -0.128. The summed E-state index contributed by atoms with van der Waals surface area (Å²) >= 11 is 6.09. The Balaban J connectivity index is 2.15. The van der Waals surface area contributed by atoms with E-state index in [1.165, 1.54) is 0 Å². The molecule has 0 saturated carbocycles. The number of hydrogen-bond acceptors (Lipinski definition) is 3. The van der Waals surface area contributed by atoms with Crippen LogP contribution in [0.4, 0.5) is 5.82 Å². The van der Waals surface area contributed by atoms with Crippen LogP contribution >= 0.6 is 11.6 Å². The average molecular weight is 254 g/mol. The van der Waals surface area contributed by atoms with Gasteiger partial charge in [0.25, 0.3) is 0 Å². The van der Waals surface area contributed by atoms with Crippen molar-refractivity contribution in [2.75, 3.05) is 18.9 Å². The third-order valence-corrected chi connectivity index (χ3v) is 3.27. The van der Waals surface area contributed by atoms with E-state index >= 15 is 0 Å². The molecule has 1 saturated heterocycles. The first kappa shape index (κ1) is 12.2. The first-order chi connectivity index (χ1) is 8.10. The molecule has 1 fully saturated rings. The van der Waals surface area contributed by atoms with Crippen LogP contribution < -0.4 is 5.32 Å². The molecule has 0 bridgehead atoms. The number of hydrogen-bond donors (Lipinski definition) is 1. The van der Waals surface area contributed by atoms with Gasteiger partial charge in [0.15, 0.2) is 0 Å². The van der Waals surface area contributed by atoms with Crippen molar-refractivity contribution < 1.29 is 4.79 Å². The van der Waals surface area contributed by atoms with Crippen molar-refractivity contribution in [1.82, 2.24) is 9.88 Å². The number of aromatic nitrogens is 1. The van der Waals surface area contributed by atoms with Crippen LogP contribution in [0.5, 0.6) is 0 Å². The summed E-state index contributed by atoms with van der Waals surface area (Å²) < 4.78 is 0. The molecule has 1 atom stereocenters. The van der Waals surface area contributed by atoms with Gasteiger partial charge in [-0.1, -0.05) is 18.5 Å². The number of amides is 1. The summed E-state index contributed by atoms with van der Waals surface area (Å²) in [5.41, 5.74) is 0.751. The second kappa shape index (κ2) is 4.92. The summed E-state index contributed by atoms with van der Waals surface area (Å²) in [6.07, 6.45) is 0.628. The van der Waals surface area contributed by atoms with E-state index in [0.717, 1.165) is 18.1 Å².